The standard InChI is InChI=1S/C20H20N2O/c1-13-6-5-7-19(8-13)22-20(23)18(12-21)11-17-10-15(3)14(2)9-16(17)4/h5-11H,1-4H3,(H,22,23). The van der Waals surface area contributed by atoms with Crippen molar-refractivity contribution in [3.8, 4) is 6.07 Å². The molecule has 0 atom stereocenters. The zero-order chi connectivity index (χ0) is 17.0. The van der Waals surface area contributed by atoms with Crippen molar-refractivity contribution in [2.75, 3.05) is 5.32 Å². The second-order valence-electron chi connectivity index (χ2n) is 5.79. The normalized spacial score (nSPS) is 11.0. The highest BCUT2D eigenvalue weighted by atomic mass is 16.1. The quantitative estimate of drug-likeness (QED) is 0.672. The Morgan fingerprint density at radius 2 is 1.74 bits per heavy atom. The lowest BCUT2D eigenvalue weighted by molar-refractivity contribution is -0.112. The van der Waals surface area contributed by atoms with Gasteiger partial charge in [0.15, 0.2) is 0 Å². The highest BCUT2D eigenvalue weighted by Crippen LogP contribution is 2.19. The van der Waals surface area contributed by atoms with Crippen LogP contribution in [0.2, 0.25) is 0 Å². The molecule has 0 unspecified atom stereocenters. The highest BCUT2D eigenvalue weighted by Gasteiger charge is 2.11. The average molecular weight is 304 g/mol. The highest BCUT2D eigenvalue weighted by molar-refractivity contribution is 6.09. The number of anilines is 1. The molecule has 3 nitrogen and oxygen atoms in total. The summed E-state index contributed by atoms with van der Waals surface area (Å²) in [4.78, 5) is 12.3. The van der Waals surface area contributed by atoms with Gasteiger partial charge >= 0.3 is 0 Å². The molecular formula is C20H20N2O. The van der Waals surface area contributed by atoms with Crippen LogP contribution in [-0.4, -0.2) is 5.91 Å². The van der Waals surface area contributed by atoms with E-state index in [9.17, 15) is 10.1 Å². The van der Waals surface area contributed by atoms with Gasteiger partial charge in [-0.3, -0.25) is 4.79 Å². The van der Waals surface area contributed by atoms with Gasteiger partial charge in [-0.2, -0.15) is 5.26 Å². The van der Waals surface area contributed by atoms with Crippen LogP contribution >= 0.6 is 0 Å². The molecule has 23 heavy (non-hydrogen) atoms. The summed E-state index contributed by atoms with van der Waals surface area (Å²) >= 11 is 0. The molecule has 3 heteroatoms. The number of carbonyl (C=O) groups excluding carboxylic acids is 1. The van der Waals surface area contributed by atoms with Crippen molar-refractivity contribution in [2.24, 2.45) is 0 Å². The van der Waals surface area contributed by atoms with Gasteiger partial charge in [-0.15, -0.1) is 0 Å². The Hall–Kier alpha value is -2.86. The molecule has 0 radical (unpaired) electrons. The summed E-state index contributed by atoms with van der Waals surface area (Å²) in [6.07, 6.45) is 1.65. The zero-order valence-corrected chi connectivity index (χ0v) is 13.9. The molecule has 2 aromatic rings. The maximum atomic E-state index is 12.3. The van der Waals surface area contributed by atoms with Crippen molar-refractivity contribution in [2.45, 2.75) is 27.7 Å². The van der Waals surface area contributed by atoms with Gasteiger partial charge in [-0.05, 0) is 73.7 Å². The molecule has 1 amide bonds. The van der Waals surface area contributed by atoms with E-state index in [1.165, 1.54) is 5.56 Å². The Morgan fingerprint density at radius 3 is 2.39 bits per heavy atom. The van der Waals surface area contributed by atoms with Gasteiger partial charge in [-0.25, -0.2) is 0 Å². The van der Waals surface area contributed by atoms with E-state index in [1.54, 1.807) is 12.1 Å². The van der Waals surface area contributed by atoms with Crippen molar-refractivity contribution in [1.82, 2.24) is 0 Å². The average Bonchev–Trinajstić information content (AvgIpc) is 2.49. The number of nitrogens with one attached hydrogen (secondary N) is 1. The van der Waals surface area contributed by atoms with Crippen LogP contribution in [0.4, 0.5) is 5.69 Å². The van der Waals surface area contributed by atoms with E-state index in [4.69, 9.17) is 0 Å². The summed E-state index contributed by atoms with van der Waals surface area (Å²) in [5, 5.41) is 12.1. The van der Waals surface area contributed by atoms with Crippen LogP contribution in [0, 0.1) is 39.0 Å². The summed E-state index contributed by atoms with van der Waals surface area (Å²) in [6.45, 7) is 8.00. The van der Waals surface area contributed by atoms with Crippen LogP contribution in [0.15, 0.2) is 42.0 Å². The third kappa shape index (κ3) is 4.08. The van der Waals surface area contributed by atoms with Crippen molar-refractivity contribution < 1.29 is 4.79 Å². The Balaban J connectivity index is 2.30. The second kappa shape index (κ2) is 6.93. The minimum atomic E-state index is -0.393. The van der Waals surface area contributed by atoms with Gasteiger partial charge in [-0.1, -0.05) is 24.3 Å². The maximum Gasteiger partial charge on any atom is 0.266 e. The maximum absolute atomic E-state index is 12.3. The first-order valence-corrected chi connectivity index (χ1v) is 7.48. The molecule has 0 aliphatic carbocycles. The number of nitrogens with zero attached hydrogens (tertiary/aromatic N) is 1. The van der Waals surface area contributed by atoms with E-state index in [1.807, 2.05) is 58.0 Å². The molecule has 0 bridgehead atoms. The van der Waals surface area contributed by atoms with Gasteiger partial charge < -0.3 is 5.32 Å². The van der Waals surface area contributed by atoms with Gasteiger partial charge in [0.1, 0.15) is 11.6 Å². The van der Waals surface area contributed by atoms with Crippen LogP contribution in [0.3, 0.4) is 0 Å². The monoisotopic (exact) mass is 304 g/mol. The predicted octanol–water partition coefficient (Wildman–Crippen LogP) is 4.47. The van der Waals surface area contributed by atoms with E-state index in [0.29, 0.717) is 5.69 Å². The lowest BCUT2D eigenvalue weighted by Crippen LogP contribution is -2.13. The lowest BCUT2D eigenvalue weighted by Gasteiger charge is -2.08. The third-order valence-electron chi connectivity index (χ3n) is 3.82. The van der Waals surface area contributed by atoms with Gasteiger partial charge in [0.25, 0.3) is 5.91 Å². The molecule has 0 heterocycles. The summed E-state index contributed by atoms with van der Waals surface area (Å²) < 4.78 is 0. The third-order valence-corrected chi connectivity index (χ3v) is 3.82. The molecule has 0 saturated carbocycles. The summed E-state index contributed by atoms with van der Waals surface area (Å²) in [6, 6.07) is 13.6. The Morgan fingerprint density at radius 1 is 1.04 bits per heavy atom. The first-order valence-electron chi connectivity index (χ1n) is 7.48. The number of hydrogen-bond acceptors (Lipinski definition) is 2. The van der Waals surface area contributed by atoms with Crippen LogP contribution in [0.1, 0.15) is 27.8 Å². The van der Waals surface area contributed by atoms with Crippen molar-refractivity contribution in [3.05, 3.63) is 69.8 Å². The molecule has 0 aliphatic heterocycles. The van der Waals surface area contributed by atoms with E-state index in [-0.39, 0.29) is 5.57 Å². The molecular weight excluding hydrogens is 284 g/mol. The predicted molar refractivity (Wildman–Crippen MR) is 94.1 cm³/mol. The molecule has 2 aromatic carbocycles. The van der Waals surface area contributed by atoms with E-state index in [2.05, 4.69) is 11.4 Å². The van der Waals surface area contributed by atoms with E-state index < -0.39 is 5.91 Å². The topological polar surface area (TPSA) is 52.9 Å². The number of carbonyl (C=O) groups is 1. The van der Waals surface area contributed by atoms with Crippen LogP contribution in [0.5, 0.6) is 0 Å². The summed E-state index contributed by atoms with van der Waals surface area (Å²) in [7, 11) is 0. The molecule has 0 spiro atoms. The number of aryl methyl sites for hydroxylation is 4. The molecule has 0 aromatic heterocycles. The minimum absolute atomic E-state index is 0.0952. The first kappa shape index (κ1) is 16.5. The van der Waals surface area contributed by atoms with Crippen LogP contribution < -0.4 is 5.32 Å². The van der Waals surface area contributed by atoms with E-state index >= 15 is 0 Å². The van der Waals surface area contributed by atoms with Crippen LogP contribution in [0.25, 0.3) is 6.08 Å². The zero-order valence-electron chi connectivity index (χ0n) is 13.9. The minimum Gasteiger partial charge on any atom is -0.321 e. The van der Waals surface area contributed by atoms with Gasteiger partial charge in [0, 0.05) is 5.69 Å². The first-order chi connectivity index (χ1) is 10.9. The van der Waals surface area contributed by atoms with Gasteiger partial charge in [0.2, 0.25) is 0 Å². The Labute approximate surface area is 137 Å². The number of nitriles is 1. The summed E-state index contributed by atoms with van der Waals surface area (Å²) in [5.74, 6) is -0.393. The fourth-order valence-electron chi connectivity index (χ4n) is 2.36. The lowest BCUT2D eigenvalue weighted by atomic mass is 9.99. The number of rotatable bonds is 3. The van der Waals surface area contributed by atoms with Crippen molar-refractivity contribution >= 4 is 17.7 Å². The van der Waals surface area contributed by atoms with Crippen LogP contribution in [-0.2, 0) is 4.79 Å². The fourth-order valence-corrected chi connectivity index (χ4v) is 2.36. The van der Waals surface area contributed by atoms with E-state index in [0.717, 1.165) is 22.3 Å². The second-order valence-corrected chi connectivity index (χ2v) is 5.79. The largest absolute Gasteiger partial charge is 0.321 e. The molecule has 116 valence electrons. The summed E-state index contributed by atoms with van der Waals surface area (Å²) in [5.41, 5.74) is 6.11. The molecule has 1 N–H and O–H groups in total. The molecule has 2 rings (SSSR count). The fraction of sp³-hybridized carbons (Fsp3) is 0.200. The molecule has 0 aliphatic rings. The SMILES string of the molecule is Cc1cccc(NC(=O)C(C#N)=Cc2cc(C)c(C)cc2C)c1. The Bertz CT molecular complexity index is 826. The van der Waals surface area contributed by atoms with Crippen molar-refractivity contribution in [1.29, 1.82) is 5.26 Å². The number of hydrogen-bond donors (Lipinski definition) is 1. The van der Waals surface area contributed by atoms with Crippen molar-refractivity contribution in [3.63, 3.8) is 0 Å². The molecule has 0 saturated heterocycles. The Kier molecular flexibility index (Phi) is 4.98. The smallest absolute Gasteiger partial charge is 0.266 e. The number of benzene rings is 2. The van der Waals surface area contributed by atoms with Gasteiger partial charge in [0.05, 0.1) is 0 Å². The molecule has 0 fully saturated rings. The number of amides is 1.